The number of amides is 2. The van der Waals surface area contributed by atoms with Crippen LogP contribution in [0.2, 0.25) is 0 Å². The molecular formula is C20H28N2O2. The van der Waals surface area contributed by atoms with Crippen molar-refractivity contribution in [2.24, 2.45) is 5.92 Å². The van der Waals surface area contributed by atoms with Gasteiger partial charge in [-0.25, -0.2) is 0 Å². The molecule has 130 valence electrons. The summed E-state index contributed by atoms with van der Waals surface area (Å²) in [6.07, 6.45) is 2.94. The maximum absolute atomic E-state index is 12.8. The van der Waals surface area contributed by atoms with Crippen molar-refractivity contribution in [1.29, 1.82) is 0 Å². The van der Waals surface area contributed by atoms with Crippen LogP contribution in [0.5, 0.6) is 0 Å². The van der Waals surface area contributed by atoms with Gasteiger partial charge in [0, 0.05) is 37.7 Å². The molecule has 0 N–H and O–H groups in total. The van der Waals surface area contributed by atoms with Crippen LogP contribution in [-0.2, 0) is 10.2 Å². The third-order valence-electron chi connectivity index (χ3n) is 5.02. The van der Waals surface area contributed by atoms with Crippen molar-refractivity contribution in [2.75, 3.05) is 26.2 Å². The van der Waals surface area contributed by atoms with Gasteiger partial charge in [0.1, 0.15) is 0 Å². The molecule has 1 aromatic rings. The van der Waals surface area contributed by atoms with Crippen LogP contribution < -0.4 is 0 Å². The van der Waals surface area contributed by atoms with Crippen molar-refractivity contribution in [2.45, 2.75) is 45.4 Å². The molecule has 2 amide bonds. The molecular weight excluding hydrogens is 300 g/mol. The number of benzene rings is 1. The minimum Gasteiger partial charge on any atom is -0.341 e. The molecule has 1 aliphatic carbocycles. The van der Waals surface area contributed by atoms with Crippen LogP contribution in [0.15, 0.2) is 24.3 Å². The Morgan fingerprint density at radius 2 is 1.50 bits per heavy atom. The number of hydrogen-bond donors (Lipinski definition) is 0. The van der Waals surface area contributed by atoms with E-state index in [1.807, 2.05) is 34.1 Å². The fraction of sp³-hybridized carbons (Fsp3) is 0.600. The lowest BCUT2D eigenvalue weighted by Crippen LogP contribution is -2.38. The summed E-state index contributed by atoms with van der Waals surface area (Å²) in [4.78, 5) is 28.8. The predicted octanol–water partition coefficient (Wildman–Crippen LogP) is 3.07. The summed E-state index contributed by atoms with van der Waals surface area (Å²) in [5.41, 5.74) is 2.06. The highest BCUT2D eigenvalue weighted by Crippen LogP contribution is 2.31. The molecule has 1 aliphatic heterocycles. The van der Waals surface area contributed by atoms with Gasteiger partial charge in [-0.05, 0) is 42.4 Å². The lowest BCUT2D eigenvalue weighted by Gasteiger charge is -2.23. The van der Waals surface area contributed by atoms with Gasteiger partial charge in [0.05, 0.1) is 0 Å². The highest BCUT2D eigenvalue weighted by Gasteiger charge is 2.34. The summed E-state index contributed by atoms with van der Waals surface area (Å²) in [5, 5.41) is 0. The zero-order valence-corrected chi connectivity index (χ0v) is 15.0. The van der Waals surface area contributed by atoms with E-state index in [1.54, 1.807) is 0 Å². The van der Waals surface area contributed by atoms with Crippen molar-refractivity contribution < 1.29 is 9.59 Å². The summed E-state index contributed by atoms with van der Waals surface area (Å²) < 4.78 is 0. The molecule has 1 saturated heterocycles. The summed E-state index contributed by atoms with van der Waals surface area (Å²) in [7, 11) is 0. The fourth-order valence-electron chi connectivity index (χ4n) is 3.22. The maximum Gasteiger partial charge on any atom is 0.253 e. The van der Waals surface area contributed by atoms with E-state index in [9.17, 15) is 9.59 Å². The summed E-state index contributed by atoms with van der Waals surface area (Å²) in [5.74, 6) is 0.632. The fourth-order valence-corrected chi connectivity index (χ4v) is 3.22. The third-order valence-corrected chi connectivity index (χ3v) is 5.02. The Morgan fingerprint density at radius 3 is 2.08 bits per heavy atom. The van der Waals surface area contributed by atoms with Crippen LogP contribution in [0, 0.1) is 5.92 Å². The standard InChI is InChI=1S/C20H28N2O2/c1-20(2,3)17-9-7-16(8-10-17)19(24)22-12-4-11-21(13-14-22)18(23)15-5-6-15/h7-10,15H,4-6,11-14H2,1-3H3. The van der Waals surface area contributed by atoms with E-state index in [0.717, 1.165) is 37.9 Å². The largest absolute Gasteiger partial charge is 0.341 e. The number of nitrogens with zero attached hydrogens (tertiary/aromatic N) is 2. The zero-order chi connectivity index (χ0) is 17.3. The van der Waals surface area contributed by atoms with Gasteiger partial charge in [0.25, 0.3) is 5.91 Å². The van der Waals surface area contributed by atoms with Gasteiger partial charge in [0.15, 0.2) is 0 Å². The normalized spacial score (nSPS) is 19.1. The van der Waals surface area contributed by atoms with Crippen LogP contribution in [0.3, 0.4) is 0 Å². The SMILES string of the molecule is CC(C)(C)c1ccc(C(=O)N2CCCN(C(=O)C3CC3)CC2)cc1. The van der Waals surface area contributed by atoms with Crippen LogP contribution in [0.4, 0.5) is 0 Å². The molecule has 0 bridgehead atoms. The lowest BCUT2D eigenvalue weighted by atomic mass is 9.86. The molecule has 2 aliphatic rings. The Labute approximate surface area is 144 Å². The first kappa shape index (κ1) is 17.0. The van der Waals surface area contributed by atoms with Gasteiger partial charge in [-0.15, -0.1) is 0 Å². The first-order chi connectivity index (χ1) is 11.4. The first-order valence-corrected chi connectivity index (χ1v) is 9.05. The number of carbonyl (C=O) groups is 2. The van der Waals surface area contributed by atoms with E-state index >= 15 is 0 Å². The highest BCUT2D eigenvalue weighted by molar-refractivity contribution is 5.94. The molecule has 2 fully saturated rings. The molecule has 24 heavy (non-hydrogen) atoms. The number of rotatable bonds is 2. The quantitative estimate of drug-likeness (QED) is 0.837. The Bertz CT molecular complexity index is 612. The van der Waals surface area contributed by atoms with Crippen molar-refractivity contribution in [3.63, 3.8) is 0 Å². The molecule has 3 rings (SSSR count). The van der Waals surface area contributed by atoms with Gasteiger partial charge >= 0.3 is 0 Å². The molecule has 4 heteroatoms. The van der Waals surface area contributed by atoms with Crippen LogP contribution in [0.1, 0.15) is 56.0 Å². The molecule has 0 radical (unpaired) electrons. The van der Waals surface area contributed by atoms with Gasteiger partial charge in [-0.1, -0.05) is 32.9 Å². The average Bonchev–Trinajstić information content (AvgIpc) is 3.39. The number of hydrogen-bond acceptors (Lipinski definition) is 2. The average molecular weight is 328 g/mol. The lowest BCUT2D eigenvalue weighted by molar-refractivity contribution is -0.132. The van der Waals surface area contributed by atoms with Crippen molar-refractivity contribution in [1.82, 2.24) is 9.80 Å². The molecule has 0 aromatic heterocycles. The van der Waals surface area contributed by atoms with Gasteiger partial charge in [0.2, 0.25) is 5.91 Å². The Kier molecular flexibility index (Phi) is 4.66. The molecule has 0 unspecified atom stereocenters. The first-order valence-electron chi connectivity index (χ1n) is 9.05. The van der Waals surface area contributed by atoms with Crippen LogP contribution in [0.25, 0.3) is 0 Å². The van der Waals surface area contributed by atoms with Gasteiger partial charge in [-0.3, -0.25) is 9.59 Å². The summed E-state index contributed by atoms with van der Waals surface area (Å²) >= 11 is 0. The maximum atomic E-state index is 12.8. The Hall–Kier alpha value is -1.84. The molecule has 0 atom stereocenters. The van der Waals surface area contributed by atoms with Crippen LogP contribution >= 0.6 is 0 Å². The van der Waals surface area contributed by atoms with E-state index < -0.39 is 0 Å². The second-order valence-corrected chi connectivity index (χ2v) is 8.07. The minimum atomic E-state index is 0.0798. The summed E-state index contributed by atoms with van der Waals surface area (Å²) in [6.45, 7) is 9.33. The zero-order valence-electron chi connectivity index (χ0n) is 15.0. The van der Waals surface area contributed by atoms with Crippen LogP contribution in [-0.4, -0.2) is 47.8 Å². The van der Waals surface area contributed by atoms with Crippen molar-refractivity contribution >= 4 is 11.8 Å². The van der Waals surface area contributed by atoms with E-state index in [4.69, 9.17) is 0 Å². The van der Waals surface area contributed by atoms with E-state index in [1.165, 1.54) is 5.56 Å². The smallest absolute Gasteiger partial charge is 0.253 e. The van der Waals surface area contributed by atoms with Crippen molar-refractivity contribution in [3.05, 3.63) is 35.4 Å². The van der Waals surface area contributed by atoms with Gasteiger partial charge < -0.3 is 9.80 Å². The van der Waals surface area contributed by atoms with E-state index in [2.05, 4.69) is 20.8 Å². The van der Waals surface area contributed by atoms with E-state index in [-0.39, 0.29) is 17.2 Å². The molecule has 0 spiro atoms. The molecule has 4 nitrogen and oxygen atoms in total. The second-order valence-electron chi connectivity index (χ2n) is 8.07. The predicted molar refractivity (Wildman–Crippen MR) is 95.0 cm³/mol. The Morgan fingerprint density at radius 1 is 0.917 bits per heavy atom. The second kappa shape index (κ2) is 6.58. The minimum absolute atomic E-state index is 0.0798. The monoisotopic (exact) mass is 328 g/mol. The topological polar surface area (TPSA) is 40.6 Å². The number of carbonyl (C=O) groups excluding carboxylic acids is 2. The van der Waals surface area contributed by atoms with Gasteiger partial charge in [-0.2, -0.15) is 0 Å². The molecule has 1 heterocycles. The third kappa shape index (κ3) is 3.80. The highest BCUT2D eigenvalue weighted by atomic mass is 16.2. The summed E-state index contributed by atoms with van der Waals surface area (Å²) in [6, 6.07) is 7.96. The molecule has 1 aromatic carbocycles. The molecule has 1 saturated carbocycles. The Balaban J connectivity index is 1.63. The van der Waals surface area contributed by atoms with Crippen molar-refractivity contribution in [3.8, 4) is 0 Å². The van der Waals surface area contributed by atoms with E-state index in [0.29, 0.717) is 19.0 Å².